The van der Waals surface area contributed by atoms with Gasteiger partial charge in [0.05, 0.1) is 12.4 Å². The molecule has 0 saturated heterocycles. The highest BCUT2D eigenvalue weighted by Crippen LogP contribution is 2.47. The Labute approximate surface area is 113 Å². The first kappa shape index (κ1) is 12.7. The number of hydrogen-bond acceptors (Lipinski definition) is 3. The second kappa shape index (κ2) is 5.37. The molecule has 2 N–H and O–H groups in total. The van der Waals surface area contributed by atoms with E-state index < -0.39 is 0 Å². The van der Waals surface area contributed by atoms with E-state index in [9.17, 15) is 9.90 Å². The summed E-state index contributed by atoms with van der Waals surface area (Å²) in [7, 11) is 0. The van der Waals surface area contributed by atoms with Crippen LogP contribution in [0.25, 0.3) is 0 Å². The van der Waals surface area contributed by atoms with Crippen LogP contribution in [0.2, 0.25) is 0 Å². The Morgan fingerprint density at radius 2 is 2.26 bits per heavy atom. The number of aliphatic hydroxyl groups is 1. The molecule has 3 atom stereocenters. The van der Waals surface area contributed by atoms with Crippen LogP contribution in [0.3, 0.4) is 0 Å². The van der Waals surface area contributed by atoms with Crippen molar-refractivity contribution in [3.8, 4) is 0 Å². The number of rotatable bonds is 5. The topological polar surface area (TPSA) is 62.5 Å². The summed E-state index contributed by atoms with van der Waals surface area (Å²) >= 11 is 0. The van der Waals surface area contributed by atoms with Gasteiger partial charge >= 0.3 is 0 Å². The summed E-state index contributed by atoms with van der Waals surface area (Å²) in [5, 5.41) is 12.9. The molecule has 104 valence electrons. The van der Waals surface area contributed by atoms with Crippen molar-refractivity contribution < 1.29 is 14.3 Å². The zero-order valence-corrected chi connectivity index (χ0v) is 11.0. The minimum Gasteiger partial charge on any atom is -0.469 e. The van der Waals surface area contributed by atoms with Gasteiger partial charge in [0.15, 0.2) is 0 Å². The van der Waals surface area contributed by atoms with E-state index in [1.54, 1.807) is 6.26 Å². The largest absolute Gasteiger partial charge is 0.469 e. The molecule has 4 heteroatoms. The Morgan fingerprint density at radius 1 is 1.47 bits per heavy atom. The third-order valence-corrected chi connectivity index (χ3v) is 4.47. The van der Waals surface area contributed by atoms with Gasteiger partial charge in [-0.3, -0.25) is 4.79 Å². The van der Waals surface area contributed by atoms with Crippen molar-refractivity contribution in [3.63, 3.8) is 0 Å². The van der Waals surface area contributed by atoms with E-state index >= 15 is 0 Å². The summed E-state index contributed by atoms with van der Waals surface area (Å²) < 4.78 is 5.32. The summed E-state index contributed by atoms with van der Waals surface area (Å²) in [6.45, 7) is 0.394. The van der Waals surface area contributed by atoms with Crippen LogP contribution in [0.5, 0.6) is 0 Å². The van der Waals surface area contributed by atoms with Crippen LogP contribution in [0.15, 0.2) is 22.8 Å². The molecule has 2 saturated carbocycles. The van der Waals surface area contributed by atoms with Crippen molar-refractivity contribution in [2.24, 2.45) is 11.8 Å². The zero-order valence-electron chi connectivity index (χ0n) is 11.0. The smallest absolute Gasteiger partial charge is 0.223 e. The Morgan fingerprint density at radius 3 is 2.95 bits per heavy atom. The maximum atomic E-state index is 12.0. The van der Waals surface area contributed by atoms with Crippen LogP contribution in [0.4, 0.5) is 0 Å². The van der Waals surface area contributed by atoms with Crippen molar-refractivity contribution in [1.82, 2.24) is 5.32 Å². The summed E-state index contributed by atoms with van der Waals surface area (Å²) in [6.07, 6.45) is 6.72. The van der Waals surface area contributed by atoms with Gasteiger partial charge in [0, 0.05) is 18.4 Å². The molecular formula is C15H21NO3. The van der Waals surface area contributed by atoms with Gasteiger partial charge in [0.2, 0.25) is 5.91 Å². The predicted molar refractivity (Wildman–Crippen MR) is 70.5 cm³/mol. The number of furan rings is 1. The van der Waals surface area contributed by atoms with E-state index in [0.717, 1.165) is 25.0 Å². The second-order valence-electron chi connectivity index (χ2n) is 5.82. The zero-order chi connectivity index (χ0) is 13.2. The average Bonchev–Trinajstić information content (AvgIpc) is 2.90. The highest BCUT2D eigenvalue weighted by molar-refractivity contribution is 5.82. The summed E-state index contributed by atoms with van der Waals surface area (Å²) in [4.78, 5) is 12.0. The van der Waals surface area contributed by atoms with Crippen LogP contribution in [0, 0.1) is 11.8 Å². The molecule has 0 aromatic carbocycles. The molecule has 3 unspecified atom stereocenters. The molecule has 0 bridgehead atoms. The first-order valence-corrected chi connectivity index (χ1v) is 7.25. The van der Waals surface area contributed by atoms with Crippen LogP contribution in [-0.2, 0) is 4.79 Å². The van der Waals surface area contributed by atoms with Gasteiger partial charge in [-0.1, -0.05) is 12.8 Å². The van der Waals surface area contributed by atoms with Gasteiger partial charge in [-0.25, -0.2) is 0 Å². The maximum Gasteiger partial charge on any atom is 0.223 e. The van der Waals surface area contributed by atoms with Gasteiger partial charge in [-0.05, 0) is 37.3 Å². The lowest BCUT2D eigenvalue weighted by atomic mass is 10.0. The number of carbonyl (C=O) groups excluding carboxylic acids is 1. The van der Waals surface area contributed by atoms with E-state index in [-0.39, 0.29) is 23.8 Å². The van der Waals surface area contributed by atoms with Crippen LogP contribution in [0.1, 0.15) is 43.8 Å². The average molecular weight is 263 g/mol. The fourth-order valence-corrected chi connectivity index (χ4v) is 3.15. The Balaban J connectivity index is 1.42. The van der Waals surface area contributed by atoms with Crippen molar-refractivity contribution in [1.29, 1.82) is 0 Å². The van der Waals surface area contributed by atoms with E-state index in [0.29, 0.717) is 12.5 Å². The second-order valence-corrected chi connectivity index (χ2v) is 5.82. The van der Waals surface area contributed by atoms with E-state index in [2.05, 4.69) is 5.32 Å². The van der Waals surface area contributed by atoms with E-state index in [1.807, 2.05) is 12.1 Å². The van der Waals surface area contributed by atoms with Crippen LogP contribution < -0.4 is 5.32 Å². The normalized spacial score (nSPS) is 28.3. The Bertz CT molecular complexity index is 423. The Hall–Kier alpha value is -1.29. The number of nitrogens with one attached hydrogen (secondary N) is 1. The molecular weight excluding hydrogens is 242 g/mol. The molecule has 0 spiro atoms. The highest BCUT2D eigenvalue weighted by atomic mass is 16.3. The standard InChI is InChI=1S/C15H21NO3/c17-13(10-4-1-2-5-10)9-16-15(18)12-8-11(12)14-6-3-7-19-14/h3,6-7,10-13,17H,1-2,4-5,8-9H2,(H,16,18). The van der Waals surface area contributed by atoms with Crippen LogP contribution >= 0.6 is 0 Å². The first-order valence-electron chi connectivity index (χ1n) is 7.25. The molecule has 2 aliphatic carbocycles. The summed E-state index contributed by atoms with van der Waals surface area (Å²) in [6, 6.07) is 3.78. The predicted octanol–water partition coefficient (Wildman–Crippen LogP) is 2.05. The van der Waals surface area contributed by atoms with Crippen LogP contribution in [-0.4, -0.2) is 23.7 Å². The number of aliphatic hydroxyl groups excluding tert-OH is 1. The lowest BCUT2D eigenvalue weighted by molar-refractivity contribution is -0.123. The van der Waals surface area contributed by atoms with Crippen molar-refractivity contribution >= 4 is 5.91 Å². The lowest BCUT2D eigenvalue weighted by Crippen LogP contribution is -2.36. The van der Waals surface area contributed by atoms with Gasteiger partial charge in [0.1, 0.15) is 5.76 Å². The van der Waals surface area contributed by atoms with Crippen molar-refractivity contribution in [2.75, 3.05) is 6.54 Å². The minimum absolute atomic E-state index is 0.0296. The maximum absolute atomic E-state index is 12.0. The van der Waals surface area contributed by atoms with Gasteiger partial charge in [0.25, 0.3) is 0 Å². The number of carbonyl (C=O) groups is 1. The third kappa shape index (κ3) is 2.84. The van der Waals surface area contributed by atoms with Crippen molar-refractivity contribution in [2.45, 2.75) is 44.1 Å². The molecule has 0 radical (unpaired) electrons. The molecule has 2 aliphatic rings. The molecule has 3 rings (SSSR count). The van der Waals surface area contributed by atoms with Gasteiger partial charge in [-0.2, -0.15) is 0 Å². The molecule has 4 nitrogen and oxygen atoms in total. The molecule has 1 aromatic rings. The summed E-state index contributed by atoms with van der Waals surface area (Å²) in [5.41, 5.74) is 0. The minimum atomic E-state index is -0.382. The number of amides is 1. The first-order chi connectivity index (χ1) is 9.25. The lowest BCUT2D eigenvalue weighted by Gasteiger charge is -2.18. The monoisotopic (exact) mass is 263 g/mol. The molecule has 19 heavy (non-hydrogen) atoms. The number of hydrogen-bond donors (Lipinski definition) is 2. The summed E-state index contributed by atoms with van der Waals surface area (Å²) in [5.74, 6) is 1.59. The van der Waals surface area contributed by atoms with E-state index in [4.69, 9.17) is 4.42 Å². The molecule has 1 amide bonds. The van der Waals surface area contributed by atoms with Crippen molar-refractivity contribution in [3.05, 3.63) is 24.2 Å². The third-order valence-electron chi connectivity index (χ3n) is 4.47. The SMILES string of the molecule is O=C(NCC(O)C1CCCC1)C1CC1c1ccco1. The molecule has 1 heterocycles. The molecule has 2 fully saturated rings. The van der Waals surface area contributed by atoms with Gasteiger partial charge < -0.3 is 14.8 Å². The quantitative estimate of drug-likeness (QED) is 0.854. The van der Waals surface area contributed by atoms with E-state index in [1.165, 1.54) is 12.8 Å². The fraction of sp³-hybridized carbons (Fsp3) is 0.667. The van der Waals surface area contributed by atoms with Gasteiger partial charge in [-0.15, -0.1) is 0 Å². The fourth-order valence-electron chi connectivity index (χ4n) is 3.15. The molecule has 0 aliphatic heterocycles. The molecule has 1 aromatic heterocycles. The highest BCUT2D eigenvalue weighted by Gasteiger charge is 2.45. The Kier molecular flexibility index (Phi) is 3.60.